The van der Waals surface area contributed by atoms with Gasteiger partial charge in [-0.05, 0) is 45.4 Å². The average Bonchev–Trinajstić information content (AvgIpc) is 2.70. The lowest BCUT2D eigenvalue weighted by Gasteiger charge is -2.50. The van der Waals surface area contributed by atoms with Crippen LogP contribution in [0.15, 0.2) is 30.7 Å². The largest absolute Gasteiger partial charge is 0.451 e. The minimum Gasteiger partial charge on any atom is -0.451 e. The van der Waals surface area contributed by atoms with Gasteiger partial charge < -0.3 is 20.3 Å². The molecule has 0 aliphatic carbocycles. The van der Waals surface area contributed by atoms with Crippen LogP contribution in [0.3, 0.4) is 0 Å². The monoisotopic (exact) mass is 415 g/mol. The number of nitrogens with zero attached hydrogens (tertiary/aromatic N) is 4. The molecule has 0 saturated carbocycles. The van der Waals surface area contributed by atoms with Crippen LogP contribution in [0.2, 0.25) is 0 Å². The van der Waals surface area contributed by atoms with E-state index in [-0.39, 0.29) is 28.7 Å². The lowest BCUT2D eigenvalue weighted by molar-refractivity contribution is 0.0713. The number of amides is 1. The molecule has 30 heavy (non-hydrogen) atoms. The Morgan fingerprint density at radius 1 is 1.33 bits per heavy atom. The van der Waals surface area contributed by atoms with E-state index in [4.69, 9.17) is 10.5 Å². The Bertz CT molecular complexity index is 893. The second-order valence-corrected chi connectivity index (χ2v) is 8.05. The van der Waals surface area contributed by atoms with Crippen molar-refractivity contribution in [3.8, 4) is 11.5 Å². The van der Waals surface area contributed by atoms with Gasteiger partial charge in [-0.15, -0.1) is 0 Å². The summed E-state index contributed by atoms with van der Waals surface area (Å²) >= 11 is 0. The van der Waals surface area contributed by atoms with Gasteiger partial charge in [-0.3, -0.25) is 4.79 Å². The molecular formula is C22H30FN5O2. The average molecular weight is 416 g/mol. The first-order valence-corrected chi connectivity index (χ1v) is 10.4. The Morgan fingerprint density at radius 3 is 2.67 bits per heavy atom. The normalized spacial score (nSPS) is 15.1. The highest BCUT2D eigenvalue weighted by molar-refractivity contribution is 5.97. The number of aromatic nitrogens is 2. The van der Waals surface area contributed by atoms with Crippen molar-refractivity contribution >= 4 is 11.7 Å². The lowest BCUT2D eigenvalue weighted by Crippen LogP contribution is -2.60. The third-order valence-electron chi connectivity index (χ3n) is 5.81. The maximum atomic E-state index is 14.0. The molecule has 1 aliphatic rings. The van der Waals surface area contributed by atoms with Crippen LogP contribution in [0.1, 0.15) is 44.5 Å². The maximum Gasteiger partial charge on any atom is 0.257 e. The summed E-state index contributed by atoms with van der Waals surface area (Å²) < 4.78 is 20.0. The van der Waals surface area contributed by atoms with Crippen molar-refractivity contribution in [2.24, 2.45) is 11.1 Å². The first-order chi connectivity index (χ1) is 14.3. The highest BCUT2D eigenvalue weighted by atomic mass is 19.1. The number of ether oxygens (including phenoxy) is 1. The van der Waals surface area contributed by atoms with Gasteiger partial charge in [-0.1, -0.05) is 6.92 Å². The van der Waals surface area contributed by atoms with Crippen LogP contribution in [-0.2, 0) is 0 Å². The molecule has 1 amide bonds. The summed E-state index contributed by atoms with van der Waals surface area (Å²) in [5, 5.41) is 0. The Labute approximate surface area is 177 Å². The summed E-state index contributed by atoms with van der Waals surface area (Å²) in [5.74, 6) is 0.567. The first-order valence-electron chi connectivity index (χ1n) is 10.4. The van der Waals surface area contributed by atoms with Gasteiger partial charge in [0.15, 0.2) is 11.6 Å². The summed E-state index contributed by atoms with van der Waals surface area (Å²) in [6.45, 7) is 10.5. The van der Waals surface area contributed by atoms with Crippen molar-refractivity contribution in [2.75, 3.05) is 31.1 Å². The van der Waals surface area contributed by atoms with E-state index in [1.54, 1.807) is 11.1 Å². The number of hydrogen-bond acceptors (Lipinski definition) is 6. The van der Waals surface area contributed by atoms with Gasteiger partial charge >= 0.3 is 0 Å². The predicted molar refractivity (Wildman–Crippen MR) is 114 cm³/mol. The lowest BCUT2D eigenvalue weighted by atomic mass is 9.77. The molecule has 1 fully saturated rings. The molecule has 2 heterocycles. The van der Waals surface area contributed by atoms with E-state index in [1.807, 2.05) is 20.8 Å². The molecule has 0 bridgehead atoms. The molecule has 8 heteroatoms. The van der Waals surface area contributed by atoms with E-state index in [2.05, 4.69) is 21.8 Å². The maximum absolute atomic E-state index is 14.0. The molecule has 0 spiro atoms. The smallest absolute Gasteiger partial charge is 0.257 e. The Balaban J connectivity index is 1.91. The van der Waals surface area contributed by atoms with E-state index in [0.29, 0.717) is 24.7 Å². The van der Waals surface area contributed by atoms with E-state index >= 15 is 0 Å². The Hall–Kier alpha value is -2.74. The second-order valence-electron chi connectivity index (χ2n) is 8.05. The number of carbonyl (C=O) groups is 1. The van der Waals surface area contributed by atoms with Gasteiger partial charge in [0, 0.05) is 37.6 Å². The highest BCUT2D eigenvalue weighted by Crippen LogP contribution is 2.40. The van der Waals surface area contributed by atoms with Crippen molar-refractivity contribution in [3.05, 3.63) is 42.1 Å². The summed E-state index contributed by atoms with van der Waals surface area (Å²) in [5.41, 5.74) is 6.20. The van der Waals surface area contributed by atoms with Gasteiger partial charge in [0.2, 0.25) is 0 Å². The summed E-state index contributed by atoms with van der Waals surface area (Å²) in [4.78, 5) is 25.3. The van der Waals surface area contributed by atoms with Crippen molar-refractivity contribution in [3.63, 3.8) is 0 Å². The third-order valence-corrected chi connectivity index (χ3v) is 5.81. The predicted octanol–water partition coefficient (Wildman–Crippen LogP) is 3.45. The molecular weight excluding hydrogens is 385 g/mol. The van der Waals surface area contributed by atoms with Crippen LogP contribution in [0.5, 0.6) is 11.5 Å². The molecule has 1 aromatic heterocycles. The number of carbonyl (C=O) groups excluding carboxylic acids is 1. The van der Waals surface area contributed by atoms with Gasteiger partial charge in [0.25, 0.3) is 5.91 Å². The van der Waals surface area contributed by atoms with Crippen molar-refractivity contribution in [1.82, 2.24) is 14.9 Å². The van der Waals surface area contributed by atoms with Crippen LogP contribution >= 0.6 is 0 Å². The fraction of sp³-hybridized carbons (Fsp3) is 0.500. The van der Waals surface area contributed by atoms with Crippen LogP contribution in [0.25, 0.3) is 0 Å². The topological polar surface area (TPSA) is 84.6 Å². The molecule has 3 rings (SSSR count). The van der Waals surface area contributed by atoms with Crippen molar-refractivity contribution in [1.29, 1.82) is 0 Å². The molecule has 2 aromatic rings. The Morgan fingerprint density at radius 2 is 2.07 bits per heavy atom. The molecule has 162 valence electrons. The molecule has 1 saturated heterocycles. The number of halogens is 1. The molecule has 1 aromatic carbocycles. The summed E-state index contributed by atoms with van der Waals surface area (Å²) in [6, 6.07) is 3.95. The molecule has 2 N–H and O–H groups in total. The zero-order valence-corrected chi connectivity index (χ0v) is 18.1. The summed E-state index contributed by atoms with van der Waals surface area (Å²) in [6.07, 6.45) is 4.01. The number of anilines is 1. The standard InChI is InChI=1S/C22H30FN5O2/c1-5-22(11-24)12-27(13-22)20-19(10-25-14-26-20)30-18-8-7-16(23)9-17(18)21(29)28(6-2)15(3)4/h7-10,14-15H,5-6,11-13,24H2,1-4H3. The minimum atomic E-state index is -0.492. The van der Waals surface area contributed by atoms with Crippen LogP contribution in [-0.4, -0.2) is 53.0 Å². The number of hydrogen-bond donors (Lipinski definition) is 1. The quantitative estimate of drug-likeness (QED) is 0.711. The Kier molecular flexibility index (Phi) is 6.55. The number of benzene rings is 1. The summed E-state index contributed by atoms with van der Waals surface area (Å²) in [7, 11) is 0. The number of rotatable bonds is 8. The molecule has 7 nitrogen and oxygen atoms in total. The molecule has 1 aliphatic heterocycles. The van der Waals surface area contributed by atoms with Crippen LogP contribution < -0.4 is 15.4 Å². The molecule has 0 atom stereocenters. The molecule has 0 radical (unpaired) electrons. The first kappa shape index (κ1) is 22.0. The second kappa shape index (κ2) is 8.95. The van der Waals surface area contributed by atoms with Gasteiger partial charge in [0.05, 0.1) is 11.8 Å². The van der Waals surface area contributed by atoms with Crippen molar-refractivity contribution in [2.45, 2.75) is 40.2 Å². The fourth-order valence-corrected chi connectivity index (χ4v) is 3.80. The zero-order valence-electron chi connectivity index (χ0n) is 18.1. The van der Waals surface area contributed by atoms with E-state index < -0.39 is 5.82 Å². The SMILES string of the molecule is CCN(C(=O)c1cc(F)ccc1Oc1cncnc1N1CC(CC)(CN)C1)C(C)C. The van der Waals surface area contributed by atoms with Crippen LogP contribution in [0, 0.1) is 11.2 Å². The highest BCUT2D eigenvalue weighted by Gasteiger charge is 2.42. The van der Waals surface area contributed by atoms with E-state index in [9.17, 15) is 9.18 Å². The van der Waals surface area contributed by atoms with Gasteiger partial charge in [-0.25, -0.2) is 14.4 Å². The fourth-order valence-electron chi connectivity index (χ4n) is 3.80. The van der Waals surface area contributed by atoms with Gasteiger partial charge in [0.1, 0.15) is 17.9 Å². The molecule has 0 unspecified atom stereocenters. The van der Waals surface area contributed by atoms with Crippen LogP contribution in [0.4, 0.5) is 10.2 Å². The van der Waals surface area contributed by atoms with E-state index in [0.717, 1.165) is 19.5 Å². The minimum absolute atomic E-state index is 0.0197. The van der Waals surface area contributed by atoms with Gasteiger partial charge in [-0.2, -0.15) is 0 Å². The number of nitrogens with two attached hydrogens (primary N) is 1. The van der Waals surface area contributed by atoms with E-state index in [1.165, 1.54) is 24.5 Å². The zero-order chi connectivity index (χ0) is 21.9. The third kappa shape index (κ3) is 4.23. The van der Waals surface area contributed by atoms with Crippen molar-refractivity contribution < 1.29 is 13.9 Å².